The van der Waals surface area contributed by atoms with Gasteiger partial charge in [-0.3, -0.25) is 4.79 Å². The van der Waals surface area contributed by atoms with Gasteiger partial charge in [-0.15, -0.1) is 0 Å². The molecule has 0 bridgehead atoms. The maximum atomic E-state index is 13.5. The number of benzene rings is 2. The molecule has 31 heavy (non-hydrogen) atoms. The summed E-state index contributed by atoms with van der Waals surface area (Å²) >= 11 is 12.4. The van der Waals surface area contributed by atoms with Gasteiger partial charge >= 0.3 is 0 Å². The summed E-state index contributed by atoms with van der Waals surface area (Å²) in [5, 5.41) is 1.14. The fourth-order valence-corrected chi connectivity index (χ4v) is 5.05. The summed E-state index contributed by atoms with van der Waals surface area (Å²) in [5.41, 5.74) is 1.84. The van der Waals surface area contributed by atoms with Crippen LogP contribution in [0.4, 0.5) is 0 Å². The first-order chi connectivity index (χ1) is 14.8. The van der Waals surface area contributed by atoms with Gasteiger partial charge in [0.05, 0.1) is 6.04 Å². The lowest BCUT2D eigenvalue weighted by Crippen LogP contribution is -2.44. The van der Waals surface area contributed by atoms with Gasteiger partial charge in [0.25, 0.3) is 0 Å². The number of rotatable bonds is 5. The molecule has 4 rings (SSSR count). The van der Waals surface area contributed by atoms with Gasteiger partial charge in [-0.1, -0.05) is 29.3 Å². The van der Waals surface area contributed by atoms with Gasteiger partial charge in [-0.25, -0.2) is 0 Å². The molecule has 5 nitrogen and oxygen atoms in total. The largest absolute Gasteiger partial charge is 0.454 e. The van der Waals surface area contributed by atoms with Gasteiger partial charge in [-0.2, -0.15) is 0 Å². The Kier molecular flexibility index (Phi) is 6.38. The highest BCUT2D eigenvalue weighted by Gasteiger charge is 2.39. The number of carbonyl (C=O) groups excluding carboxylic acids is 1. The molecule has 0 aliphatic carbocycles. The zero-order chi connectivity index (χ0) is 22.2. The molecule has 0 aromatic heterocycles. The third-order valence-corrected chi connectivity index (χ3v) is 7.20. The van der Waals surface area contributed by atoms with Crippen LogP contribution in [0.3, 0.4) is 0 Å². The lowest BCUT2D eigenvalue weighted by atomic mass is 9.70. The summed E-state index contributed by atoms with van der Waals surface area (Å²) in [5.74, 6) is 1.63. The van der Waals surface area contributed by atoms with E-state index in [-0.39, 0.29) is 24.2 Å². The van der Waals surface area contributed by atoms with Crippen LogP contribution in [0.15, 0.2) is 36.4 Å². The van der Waals surface area contributed by atoms with Crippen molar-refractivity contribution in [2.24, 2.45) is 0 Å². The van der Waals surface area contributed by atoms with Crippen molar-refractivity contribution in [1.29, 1.82) is 0 Å². The van der Waals surface area contributed by atoms with E-state index in [1.165, 1.54) is 0 Å². The van der Waals surface area contributed by atoms with Gasteiger partial charge in [-0.05, 0) is 81.4 Å². The van der Waals surface area contributed by atoms with Crippen LogP contribution in [0.5, 0.6) is 11.5 Å². The summed E-state index contributed by atoms with van der Waals surface area (Å²) in [6, 6.07) is 11.4. The normalized spacial score (nSPS) is 18.6. The molecule has 1 amide bonds. The Hall–Kier alpha value is -1.95. The first kappa shape index (κ1) is 22.3. The van der Waals surface area contributed by atoms with Crippen LogP contribution in [-0.2, 0) is 10.2 Å². The molecule has 0 saturated carbocycles. The minimum Gasteiger partial charge on any atom is -0.454 e. The molecule has 1 fully saturated rings. The van der Waals surface area contributed by atoms with Crippen molar-refractivity contribution in [3.63, 3.8) is 0 Å². The van der Waals surface area contributed by atoms with Crippen molar-refractivity contribution < 1.29 is 14.3 Å². The highest BCUT2D eigenvalue weighted by atomic mass is 35.5. The van der Waals surface area contributed by atoms with E-state index in [0.29, 0.717) is 16.5 Å². The SMILES string of the molecule is CC(c1cc(Cl)cc(Cl)c1)N(C)C(=O)CC1(c2ccc3c(c2)OCO3)CCN(C)CC1. The predicted molar refractivity (Wildman–Crippen MR) is 123 cm³/mol. The number of hydrogen-bond acceptors (Lipinski definition) is 4. The van der Waals surface area contributed by atoms with Gasteiger partial charge in [0.2, 0.25) is 12.7 Å². The number of piperidine rings is 1. The van der Waals surface area contributed by atoms with E-state index in [2.05, 4.69) is 24.1 Å². The number of hydrogen-bond donors (Lipinski definition) is 0. The van der Waals surface area contributed by atoms with Gasteiger partial charge in [0, 0.05) is 28.9 Å². The van der Waals surface area contributed by atoms with Crippen LogP contribution in [0.1, 0.15) is 43.4 Å². The molecule has 2 aliphatic rings. The second kappa shape index (κ2) is 8.89. The molecule has 0 radical (unpaired) electrons. The van der Waals surface area contributed by atoms with E-state index in [1.807, 2.05) is 32.2 Å². The lowest BCUT2D eigenvalue weighted by molar-refractivity contribution is -0.133. The average Bonchev–Trinajstić information content (AvgIpc) is 3.21. The van der Waals surface area contributed by atoms with Crippen LogP contribution < -0.4 is 9.47 Å². The van der Waals surface area contributed by atoms with Crippen molar-refractivity contribution in [3.05, 3.63) is 57.6 Å². The molecule has 0 N–H and O–H groups in total. The first-order valence-corrected chi connectivity index (χ1v) is 11.3. The van der Waals surface area contributed by atoms with E-state index in [9.17, 15) is 4.79 Å². The van der Waals surface area contributed by atoms with Crippen LogP contribution in [-0.4, -0.2) is 49.7 Å². The van der Waals surface area contributed by atoms with E-state index in [4.69, 9.17) is 32.7 Å². The Morgan fingerprint density at radius 3 is 2.42 bits per heavy atom. The zero-order valence-electron chi connectivity index (χ0n) is 18.2. The zero-order valence-corrected chi connectivity index (χ0v) is 19.7. The number of ether oxygens (including phenoxy) is 2. The average molecular weight is 463 g/mol. The first-order valence-electron chi connectivity index (χ1n) is 10.6. The summed E-state index contributed by atoms with van der Waals surface area (Å²) in [4.78, 5) is 17.6. The molecule has 2 heterocycles. The number of carbonyl (C=O) groups is 1. The van der Waals surface area contributed by atoms with E-state index in [1.54, 1.807) is 11.0 Å². The Balaban J connectivity index is 1.58. The van der Waals surface area contributed by atoms with E-state index in [0.717, 1.165) is 48.6 Å². The Morgan fingerprint density at radius 2 is 1.74 bits per heavy atom. The number of amides is 1. The van der Waals surface area contributed by atoms with Crippen molar-refractivity contribution in [2.45, 2.75) is 37.6 Å². The highest BCUT2D eigenvalue weighted by molar-refractivity contribution is 6.34. The molecule has 1 unspecified atom stereocenters. The molecule has 2 aromatic carbocycles. The molecule has 7 heteroatoms. The topological polar surface area (TPSA) is 42.0 Å². The minimum atomic E-state index is -0.232. The lowest BCUT2D eigenvalue weighted by Gasteiger charge is -2.42. The number of nitrogens with zero attached hydrogens (tertiary/aromatic N) is 2. The molecule has 166 valence electrons. The van der Waals surface area contributed by atoms with Crippen molar-refractivity contribution in [2.75, 3.05) is 34.0 Å². The maximum absolute atomic E-state index is 13.5. The molecule has 1 saturated heterocycles. The quantitative estimate of drug-likeness (QED) is 0.604. The predicted octanol–water partition coefficient (Wildman–Crippen LogP) is 5.30. The fraction of sp³-hybridized carbons (Fsp3) is 0.458. The van der Waals surface area contributed by atoms with Gasteiger partial charge < -0.3 is 19.3 Å². The van der Waals surface area contributed by atoms with Crippen molar-refractivity contribution in [1.82, 2.24) is 9.80 Å². The van der Waals surface area contributed by atoms with E-state index < -0.39 is 0 Å². The minimum absolute atomic E-state index is 0.103. The number of halogens is 2. The summed E-state index contributed by atoms with van der Waals surface area (Å²) in [7, 11) is 3.98. The summed E-state index contributed by atoms with van der Waals surface area (Å²) in [6.45, 7) is 4.15. The van der Waals surface area contributed by atoms with Crippen LogP contribution in [0.25, 0.3) is 0 Å². The smallest absolute Gasteiger partial charge is 0.231 e. The molecule has 1 atom stereocenters. The second-order valence-electron chi connectivity index (χ2n) is 8.71. The standard InChI is InChI=1S/C24H28Cl2N2O3/c1-16(17-10-19(25)13-20(26)11-17)28(3)23(29)14-24(6-8-27(2)9-7-24)18-4-5-21-22(12-18)31-15-30-21/h4-5,10-13,16H,6-9,14-15H2,1-3H3. The van der Waals surface area contributed by atoms with Crippen molar-refractivity contribution >= 4 is 29.1 Å². The van der Waals surface area contributed by atoms with E-state index >= 15 is 0 Å². The van der Waals surface area contributed by atoms with Crippen LogP contribution in [0.2, 0.25) is 10.0 Å². The monoisotopic (exact) mass is 462 g/mol. The summed E-state index contributed by atoms with van der Waals surface area (Å²) in [6.07, 6.45) is 2.27. The second-order valence-corrected chi connectivity index (χ2v) is 9.58. The Labute approximate surface area is 193 Å². The fourth-order valence-electron chi connectivity index (χ4n) is 4.51. The molecule has 2 aromatic rings. The third kappa shape index (κ3) is 4.64. The Bertz CT molecular complexity index is 953. The number of likely N-dealkylation sites (tertiary alicyclic amines) is 1. The molecular weight excluding hydrogens is 435 g/mol. The Morgan fingerprint density at radius 1 is 1.10 bits per heavy atom. The molecule has 0 spiro atoms. The maximum Gasteiger partial charge on any atom is 0.231 e. The van der Waals surface area contributed by atoms with Crippen molar-refractivity contribution in [3.8, 4) is 11.5 Å². The van der Waals surface area contributed by atoms with Crippen LogP contribution >= 0.6 is 23.2 Å². The summed E-state index contributed by atoms with van der Waals surface area (Å²) < 4.78 is 11.1. The van der Waals surface area contributed by atoms with Gasteiger partial charge in [0.15, 0.2) is 11.5 Å². The molecular formula is C24H28Cl2N2O3. The third-order valence-electron chi connectivity index (χ3n) is 6.76. The molecule has 2 aliphatic heterocycles. The van der Waals surface area contributed by atoms with Crippen LogP contribution in [0, 0.1) is 0 Å². The van der Waals surface area contributed by atoms with Gasteiger partial charge in [0.1, 0.15) is 0 Å². The number of fused-ring (bicyclic) bond motifs is 1. The highest BCUT2D eigenvalue weighted by Crippen LogP contribution is 2.43.